The van der Waals surface area contributed by atoms with Crippen molar-refractivity contribution in [3.05, 3.63) is 59.7 Å². The van der Waals surface area contributed by atoms with E-state index in [1.165, 1.54) is 18.9 Å². The zero-order chi connectivity index (χ0) is 17.3. The van der Waals surface area contributed by atoms with Crippen molar-refractivity contribution in [3.8, 4) is 11.1 Å². The maximum absolute atomic E-state index is 12.6. The second-order valence-electron chi connectivity index (χ2n) is 5.88. The largest absolute Gasteiger partial charge is 0.467 e. The van der Waals surface area contributed by atoms with Gasteiger partial charge in [0.25, 0.3) is 5.91 Å². The Bertz CT molecular complexity index is 770. The molecule has 3 rings (SSSR count). The van der Waals surface area contributed by atoms with Crippen molar-refractivity contribution >= 4 is 11.9 Å². The topological polar surface area (TPSA) is 66.8 Å². The molecule has 0 radical (unpaired) electrons. The fourth-order valence-corrected chi connectivity index (χ4v) is 3.08. The summed E-state index contributed by atoms with van der Waals surface area (Å²) in [6.07, 6.45) is -1.01. The highest BCUT2D eigenvalue weighted by Crippen LogP contribution is 2.30. The van der Waals surface area contributed by atoms with E-state index < -0.39 is 18.1 Å². The number of rotatable bonds is 4. The van der Waals surface area contributed by atoms with Crippen molar-refractivity contribution in [1.29, 1.82) is 0 Å². The van der Waals surface area contributed by atoms with Gasteiger partial charge in [-0.25, -0.2) is 4.79 Å². The molecule has 1 aliphatic rings. The van der Waals surface area contributed by atoms with Crippen molar-refractivity contribution in [3.63, 3.8) is 0 Å². The minimum atomic E-state index is -1.01. The summed E-state index contributed by atoms with van der Waals surface area (Å²) >= 11 is 0. The lowest BCUT2D eigenvalue weighted by atomic mass is 10.0. The fourth-order valence-electron chi connectivity index (χ4n) is 3.08. The van der Waals surface area contributed by atoms with Crippen molar-refractivity contribution in [1.82, 2.24) is 4.90 Å². The van der Waals surface area contributed by atoms with Crippen LogP contribution in [0.5, 0.6) is 0 Å². The molecule has 1 heterocycles. The Labute approximate surface area is 140 Å². The van der Waals surface area contributed by atoms with Gasteiger partial charge < -0.3 is 14.7 Å². The molecular formula is C19H19NO4. The summed E-state index contributed by atoms with van der Waals surface area (Å²) in [4.78, 5) is 25.9. The molecule has 0 saturated heterocycles. The van der Waals surface area contributed by atoms with Gasteiger partial charge >= 0.3 is 5.97 Å². The van der Waals surface area contributed by atoms with Crippen molar-refractivity contribution < 1.29 is 19.4 Å². The first kappa shape index (κ1) is 16.2. The van der Waals surface area contributed by atoms with Crippen LogP contribution in [-0.2, 0) is 16.1 Å². The lowest BCUT2D eigenvalue weighted by Gasteiger charge is -2.27. The number of hydrogen-bond donors (Lipinski definition) is 1. The third-order valence-corrected chi connectivity index (χ3v) is 4.28. The van der Waals surface area contributed by atoms with Crippen molar-refractivity contribution in [2.75, 3.05) is 7.11 Å². The molecule has 0 aliphatic carbocycles. The van der Waals surface area contributed by atoms with Crippen LogP contribution in [0.1, 0.15) is 22.8 Å². The number of ether oxygens (including phenoxy) is 1. The van der Waals surface area contributed by atoms with Crippen LogP contribution in [0.15, 0.2) is 48.5 Å². The number of benzene rings is 2. The Balaban J connectivity index is 1.94. The molecule has 124 valence electrons. The SMILES string of the molecule is COC(=O)[C@H]([C@@H](C)O)N1Cc2cc(-c3ccccc3)ccc2C1=O. The molecule has 2 atom stereocenters. The number of carbonyl (C=O) groups is 2. The predicted molar refractivity (Wildman–Crippen MR) is 89.2 cm³/mol. The van der Waals surface area contributed by atoms with Crippen LogP contribution in [0.3, 0.4) is 0 Å². The number of aliphatic hydroxyl groups is 1. The minimum absolute atomic E-state index is 0.263. The van der Waals surface area contributed by atoms with E-state index in [2.05, 4.69) is 0 Å². The van der Waals surface area contributed by atoms with Gasteiger partial charge in [0.1, 0.15) is 0 Å². The highest BCUT2D eigenvalue weighted by Gasteiger charge is 2.39. The lowest BCUT2D eigenvalue weighted by molar-refractivity contribution is -0.149. The third-order valence-electron chi connectivity index (χ3n) is 4.28. The molecule has 24 heavy (non-hydrogen) atoms. The third kappa shape index (κ3) is 2.78. The molecule has 0 aromatic heterocycles. The maximum Gasteiger partial charge on any atom is 0.331 e. The van der Waals surface area contributed by atoms with E-state index in [0.717, 1.165) is 16.7 Å². The van der Waals surface area contributed by atoms with E-state index in [1.54, 1.807) is 6.07 Å². The van der Waals surface area contributed by atoms with Gasteiger partial charge in [-0.05, 0) is 35.7 Å². The first-order valence-corrected chi connectivity index (χ1v) is 7.78. The van der Waals surface area contributed by atoms with Crippen LogP contribution in [0.25, 0.3) is 11.1 Å². The van der Waals surface area contributed by atoms with E-state index in [1.807, 2.05) is 42.5 Å². The van der Waals surface area contributed by atoms with Gasteiger partial charge in [0.15, 0.2) is 6.04 Å². The van der Waals surface area contributed by atoms with Crippen molar-refractivity contribution in [2.24, 2.45) is 0 Å². The number of aliphatic hydroxyl groups excluding tert-OH is 1. The molecule has 2 aromatic carbocycles. The molecule has 1 amide bonds. The maximum atomic E-state index is 12.6. The van der Waals surface area contributed by atoms with Gasteiger partial charge in [0, 0.05) is 12.1 Å². The molecule has 0 bridgehead atoms. The average molecular weight is 325 g/mol. The van der Waals surface area contributed by atoms with Gasteiger partial charge in [0.05, 0.1) is 13.2 Å². The summed E-state index contributed by atoms with van der Waals surface area (Å²) < 4.78 is 4.73. The second kappa shape index (κ2) is 6.45. The number of carbonyl (C=O) groups excluding carboxylic acids is 2. The minimum Gasteiger partial charge on any atom is -0.467 e. The molecule has 1 aliphatic heterocycles. The number of esters is 1. The Morgan fingerprint density at radius 3 is 2.50 bits per heavy atom. The van der Waals surface area contributed by atoms with Crippen molar-refractivity contribution in [2.45, 2.75) is 25.6 Å². The summed E-state index contributed by atoms with van der Waals surface area (Å²) in [5, 5.41) is 9.91. The Morgan fingerprint density at radius 2 is 1.88 bits per heavy atom. The van der Waals surface area contributed by atoms with E-state index in [-0.39, 0.29) is 12.5 Å². The van der Waals surface area contributed by atoms with Crippen LogP contribution in [0, 0.1) is 0 Å². The summed E-state index contributed by atoms with van der Waals surface area (Å²) in [6, 6.07) is 14.5. The Morgan fingerprint density at radius 1 is 1.17 bits per heavy atom. The molecule has 0 saturated carbocycles. The van der Waals surface area contributed by atoms with E-state index in [4.69, 9.17) is 4.74 Å². The lowest BCUT2D eigenvalue weighted by Crippen LogP contribution is -2.48. The highest BCUT2D eigenvalue weighted by molar-refractivity contribution is 6.01. The molecular weight excluding hydrogens is 306 g/mol. The molecule has 0 unspecified atom stereocenters. The number of nitrogens with zero attached hydrogens (tertiary/aromatic N) is 1. The molecule has 2 aromatic rings. The molecule has 5 nitrogen and oxygen atoms in total. The number of methoxy groups -OCH3 is 1. The van der Waals surface area contributed by atoms with Crippen LogP contribution in [0.2, 0.25) is 0 Å². The monoisotopic (exact) mass is 325 g/mol. The van der Waals surface area contributed by atoms with Gasteiger partial charge in [-0.2, -0.15) is 0 Å². The Hall–Kier alpha value is -2.66. The van der Waals surface area contributed by atoms with Gasteiger partial charge in [0.2, 0.25) is 0 Å². The zero-order valence-corrected chi connectivity index (χ0v) is 13.6. The van der Waals surface area contributed by atoms with Gasteiger partial charge in [-0.1, -0.05) is 36.4 Å². The number of hydrogen-bond acceptors (Lipinski definition) is 4. The second-order valence-corrected chi connectivity index (χ2v) is 5.88. The normalized spacial score (nSPS) is 15.8. The molecule has 5 heteroatoms. The molecule has 0 spiro atoms. The molecule has 1 N–H and O–H groups in total. The van der Waals surface area contributed by atoms with Crippen LogP contribution < -0.4 is 0 Å². The van der Waals surface area contributed by atoms with Crippen LogP contribution in [-0.4, -0.2) is 41.1 Å². The van der Waals surface area contributed by atoms with E-state index in [9.17, 15) is 14.7 Å². The van der Waals surface area contributed by atoms with Crippen LogP contribution in [0.4, 0.5) is 0 Å². The van der Waals surface area contributed by atoms with E-state index >= 15 is 0 Å². The quantitative estimate of drug-likeness (QED) is 0.876. The smallest absolute Gasteiger partial charge is 0.331 e. The summed E-state index contributed by atoms with van der Waals surface area (Å²) in [6.45, 7) is 1.76. The summed E-state index contributed by atoms with van der Waals surface area (Å²) in [5.74, 6) is -0.879. The van der Waals surface area contributed by atoms with Gasteiger partial charge in [-0.15, -0.1) is 0 Å². The number of amides is 1. The first-order chi connectivity index (χ1) is 11.5. The number of fused-ring (bicyclic) bond motifs is 1. The summed E-state index contributed by atoms with van der Waals surface area (Å²) in [5.41, 5.74) is 3.47. The fraction of sp³-hybridized carbons (Fsp3) is 0.263. The standard InChI is InChI=1S/C19H19NO4/c1-12(21)17(19(23)24-2)20-11-15-10-14(8-9-16(15)18(20)22)13-6-4-3-5-7-13/h3-10,12,17,21H,11H2,1-2H3/t12-,17+/m1/s1. The zero-order valence-electron chi connectivity index (χ0n) is 13.6. The van der Waals surface area contributed by atoms with Gasteiger partial charge in [-0.3, -0.25) is 4.79 Å². The molecule has 0 fully saturated rings. The Kier molecular flexibility index (Phi) is 4.36. The van der Waals surface area contributed by atoms with Crippen LogP contribution >= 0.6 is 0 Å². The highest BCUT2D eigenvalue weighted by atomic mass is 16.5. The van der Waals surface area contributed by atoms with E-state index in [0.29, 0.717) is 5.56 Å². The average Bonchev–Trinajstić information content (AvgIpc) is 2.91. The summed E-state index contributed by atoms with van der Waals surface area (Å²) in [7, 11) is 1.25. The first-order valence-electron chi connectivity index (χ1n) is 7.78. The predicted octanol–water partition coefficient (Wildman–Crippen LogP) is 2.23.